The molecule has 17 heavy (non-hydrogen) atoms. The largest absolute Gasteiger partial charge is 0.385 e. The maximum absolute atomic E-state index is 11.5. The number of aliphatic imine (C=N–C) groups is 1. The van der Waals surface area contributed by atoms with Crippen molar-refractivity contribution >= 4 is 11.9 Å². The van der Waals surface area contributed by atoms with Crippen LogP contribution in [0.4, 0.5) is 0 Å². The summed E-state index contributed by atoms with van der Waals surface area (Å²) in [4.78, 5) is 17.1. The van der Waals surface area contributed by atoms with Gasteiger partial charge in [0.15, 0.2) is 0 Å². The van der Waals surface area contributed by atoms with Crippen molar-refractivity contribution in [2.75, 3.05) is 40.4 Å². The highest BCUT2D eigenvalue weighted by atomic mass is 16.5. The quantitative estimate of drug-likeness (QED) is 0.174. The number of rotatable bonds is 7. The van der Waals surface area contributed by atoms with Crippen molar-refractivity contribution in [3.05, 3.63) is 0 Å². The van der Waals surface area contributed by atoms with Crippen LogP contribution in [0.3, 0.4) is 0 Å². The molecule has 0 aliphatic carbocycles. The first-order valence-electron chi connectivity index (χ1n) is 5.63. The monoisotopic (exact) mass is 245 g/mol. The maximum atomic E-state index is 11.5. The van der Waals surface area contributed by atoms with Crippen molar-refractivity contribution in [1.29, 1.82) is 0 Å². The lowest BCUT2D eigenvalue weighted by Gasteiger charge is -2.13. The van der Waals surface area contributed by atoms with Gasteiger partial charge < -0.3 is 15.0 Å². The summed E-state index contributed by atoms with van der Waals surface area (Å²) < 4.78 is 4.91. The summed E-state index contributed by atoms with van der Waals surface area (Å²) in [6.07, 6.45) is 0.847. The van der Waals surface area contributed by atoms with Crippen LogP contribution in [0.5, 0.6) is 0 Å². The second-order valence-electron chi connectivity index (χ2n) is 3.49. The first-order chi connectivity index (χ1) is 8.15. The number of methoxy groups -OCH3 is 1. The molecule has 0 radical (unpaired) electrons. The van der Waals surface area contributed by atoms with Crippen LogP contribution in [0.25, 0.3) is 0 Å². The normalized spacial score (nSPS) is 11.2. The average molecular weight is 245 g/mol. The Morgan fingerprint density at radius 3 is 2.76 bits per heavy atom. The van der Waals surface area contributed by atoms with Crippen molar-refractivity contribution in [1.82, 2.24) is 15.6 Å². The fourth-order valence-corrected chi connectivity index (χ4v) is 1.02. The van der Waals surface area contributed by atoms with E-state index in [-0.39, 0.29) is 12.5 Å². The van der Waals surface area contributed by atoms with Crippen LogP contribution >= 0.6 is 0 Å². The summed E-state index contributed by atoms with van der Waals surface area (Å²) >= 11 is 0. The third kappa shape index (κ3) is 7.53. The van der Waals surface area contributed by atoms with Crippen LogP contribution in [0.15, 0.2) is 4.99 Å². The van der Waals surface area contributed by atoms with Crippen molar-refractivity contribution in [2.45, 2.75) is 13.3 Å². The Morgan fingerprint density at radius 1 is 1.53 bits per heavy atom. The Bertz CT molecular complexity index is 245. The van der Waals surface area contributed by atoms with E-state index >= 15 is 0 Å². The molecule has 0 bridgehead atoms. The van der Waals surface area contributed by atoms with Crippen molar-refractivity contribution in [2.24, 2.45) is 10.8 Å². The number of ether oxygens (including phenoxy) is 1. The van der Waals surface area contributed by atoms with Gasteiger partial charge in [-0.2, -0.15) is 0 Å². The predicted octanol–water partition coefficient (Wildman–Crippen LogP) is -1.09. The Hall–Kier alpha value is -1.34. The highest BCUT2D eigenvalue weighted by molar-refractivity contribution is 5.84. The molecule has 0 spiro atoms. The van der Waals surface area contributed by atoms with Gasteiger partial charge in [-0.1, -0.05) is 0 Å². The lowest BCUT2D eigenvalue weighted by molar-refractivity contribution is -0.128. The van der Waals surface area contributed by atoms with Gasteiger partial charge in [0.2, 0.25) is 11.9 Å². The second-order valence-corrected chi connectivity index (χ2v) is 3.49. The third-order valence-corrected chi connectivity index (χ3v) is 2.23. The molecule has 0 atom stereocenters. The molecule has 0 aliphatic heterocycles. The van der Waals surface area contributed by atoms with Crippen LogP contribution in [-0.2, 0) is 9.53 Å². The van der Waals surface area contributed by atoms with E-state index < -0.39 is 0 Å². The molecule has 0 heterocycles. The molecule has 0 aromatic rings. The molecule has 4 N–H and O–H groups in total. The van der Waals surface area contributed by atoms with Crippen LogP contribution in [0.2, 0.25) is 0 Å². The Kier molecular flexibility index (Phi) is 9.08. The van der Waals surface area contributed by atoms with E-state index in [2.05, 4.69) is 15.7 Å². The fraction of sp³-hybridized carbons (Fsp3) is 0.800. The number of nitrogens with zero attached hydrogens (tertiary/aromatic N) is 2. The lowest BCUT2D eigenvalue weighted by atomic mass is 10.4. The first-order valence-corrected chi connectivity index (χ1v) is 5.63. The van der Waals surface area contributed by atoms with E-state index in [1.54, 1.807) is 19.1 Å². The van der Waals surface area contributed by atoms with Gasteiger partial charge in [-0.25, -0.2) is 10.8 Å². The van der Waals surface area contributed by atoms with Gasteiger partial charge in [-0.3, -0.25) is 10.2 Å². The number of guanidine groups is 1. The number of carbonyl (C=O) groups excluding carboxylic acids is 1. The summed E-state index contributed by atoms with van der Waals surface area (Å²) in [6, 6.07) is 0. The minimum absolute atomic E-state index is 0.0426. The number of likely N-dealkylation sites (N-methyl/N-ethyl adjacent to an activating group) is 1. The number of amides is 1. The zero-order valence-electron chi connectivity index (χ0n) is 10.8. The van der Waals surface area contributed by atoms with E-state index in [1.165, 1.54) is 0 Å². The van der Waals surface area contributed by atoms with Crippen molar-refractivity contribution in [3.63, 3.8) is 0 Å². The van der Waals surface area contributed by atoms with E-state index in [4.69, 9.17) is 10.6 Å². The van der Waals surface area contributed by atoms with Gasteiger partial charge >= 0.3 is 0 Å². The van der Waals surface area contributed by atoms with Gasteiger partial charge in [0, 0.05) is 33.9 Å². The van der Waals surface area contributed by atoms with Gasteiger partial charge in [0.25, 0.3) is 0 Å². The second kappa shape index (κ2) is 9.86. The van der Waals surface area contributed by atoms with E-state index in [1.807, 2.05) is 6.92 Å². The van der Waals surface area contributed by atoms with Gasteiger partial charge in [0.1, 0.15) is 6.54 Å². The predicted molar refractivity (Wildman–Crippen MR) is 67.4 cm³/mol. The SMILES string of the molecule is CCN(C)C(=O)CN=C(NN)NCCCOC. The minimum atomic E-state index is -0.0426. The van der Waals surface area contributed by atoms with E-state index in [9.17, 15) is 4.79 Å². The summed E-state index contributed by atoms with van der Waals surface area (Å²) in [5.41, 5.74) is 2.42. The topological polar surface area (TPSA) is 92.0 Å². The molecule has 0 fully saturated rings. The van der Waals surface area contributed by atoms with Crippen molar-refractivity contribution < 1.29 is 9.53 Å². The number of hydrogen-bond donors (Lipinski definition) is 3. The fourth-order valence-electron chi connectivity index (χ4n) is 1.02. The number of hydrazine groups is 1. The highest BCUT2D eigenvalue weighted by Gasteiger charge is 2.05. The standard InChI is InChI=1S/C10H23N5O2/c1-4-15(2)9(16)8-13-10(14-11)12-6-5-7-17-3/h4-8,11H2,1-3H3,(H2,12,13,14). The molecule has 0 unspecified atom stereocenters. The zero-order chi connectivity index (χ0) is 13.1. The smallest absolute Gasteiger partial charge is 0.244 e. The Balaban J connectivity index is 3.95. The van der Waals surface area contributed by atoms with E-state index in [0.717, 1.165) is 6.42 Å². The van der Waals surface area contributed by atoms with Gasteiger partial charge in [0.05, 0.1) is 0 Å². The van der Waals surface area contributed by atoms with E-state index in [0.29, 0.717) is 25.7 Å². The van der Waals surface area contributed by atoms with Crippen LogP contribution in [0, 0.1) is 0 Å². The van der Waals surface area contributed by atoms with Gasteiger partial charge in [-0.05, 0) is 13.3 Å². The average Bonchev–Trinajstić information content (AvgIpc) is 2.36. The molecule has 0 aromatic heterocycles. The molecular formula is C10H23N5O2. The number of nitrogens with one attached hydrogen (secondary N) is 2. The lowest BCUT2D eigenvalue weighted by Crippen LogP contribution is -2.43. The summed E-state index contributed by atoms with van der Waals surface area (Å²) in [7, 11) is 3.38. The summed E-state index contributed by atoms with van der Waals surface area (Å²) in [6.45, 7) is 4.02. The highest BCUT2D eigenvalue weighted by Crippen LogP contribution is 1.85. The molecule has 7 nitrogen and oxygen atoms in total. The summed E-state index contributed by atoms with van der Waals surface area (Å²) in [5.74, 6) is 5.66. The molecule has 100 valence electrons. The van der Waals surface area contributed by atoms with Crippen LogP contribution in [0.1, 0.15) is 13.3 Å². The zero-order valence-corrected chi connectivity index (χ0v) is 10.8. The number of nitrogens with two attached hydrogens (primary N) is 1. The molecule has 0 saturated heterocycles. The van der Waals surface area contributed by atoms with Crippen LogP contribution < -0.4 is 16.6 Å². The molecule has 0 aliphatic rings. The molecule has 7 heteroatoms. The molecule has 0 aromatic carbocycles. The Morgan fingerprint density at radius 2 is 2.24 bits per heavy atom. The minimum Gasteiger partial charge on any atom is -0.385 e. The Labute approximate surface area is 102 Å². The third-order valence-electron chi connectivity index (χ3n) is 2.23. The van der Waals surface area contributed by atoms with Crippen LogP contribution in [-0.4, -0.2) is 57.2 Å². The molecule has 1 amide bonds. The van der Waals surface area contributed by atoms with Gasteiger partial charge in [-0.15, -0.1) is 0 Å². The number of hydrogen-bond acceptors (Lipinski definition) is 4. The first kappa shape index (κ1) is 15.7. The van der Waals surface area contributed by atoms with Crippen molar-refractivity contribution in [3.8, 4) is 0 Å². The maximum Gasteiger partial charge on any atom is 0.244 e. The number of carbonyl (C=O) groups is 1. The molecule has 0 saturated carbocycles. The molecular weight excluding hydrogens is 222 g/mol. The molecule has 0 rings (SSSR count). The summed E-state index contributed by atoms with van der Waals surface area (Å²) in [5, 5.41) is 2.98.